The normalized spacial score (nSPS) is 38.8. The van der Waals surface area contributed by atoms with Gasteiger partial charge in [-0.1, -0.05) is 54.9 Å². The molecular formula is C58H91NO17. The van der Waals surface area contributed by atoms with Crippen molar-refractivity contribution in [3.8, 4) is 0 Å². The summed E-state index contributed by atoms with van der Waals surface area (Å²) in [6.07, 6.45) is 2.69. The highest BCUT2D eigenvalue weighted by atomic mass is 16.6. The van der Waals surface area contributed by atoms with Crippen molar-refractivity contribution in [2.45, 2.75) is 242 Å². The lowest BCUT2D eigenvalue weighted by Crippen LogP contribution is -2.77. The van der Waals surface area contributed by atoms with E-state index >= 15 is 0 Å². The van der Waals surface area contributed by atoms with Crippen LogP contribution >= 0.6 is 0 Å². The molecule has 0 aromatic heterocycles. The van der Waals surface area contributed by atoms with Crippen molar-refractivity contribution >= 4 is 47.7 Å². The van der Waals surface area contributed by atoms with E-state index in [2.05, 4.69) is 53.8 Å². The zero-order chi connectivity index (χ0) is 56.7. The number of esters is 7. The average Bonchev–Trinajstić information content (AvgIpc) is 3.64. The summed E-state index contributed by atoms with van der Waals surface area (Å²) in [5.41, 5.74) is -1.34. The van der Waals surface area contributed by atoms with Crippen LogP contribution in [0.1, 0.15) is 187 Å². The number of hydrogen-bond acceptors (Lipinski definition) is 17. The highest BCUT2D eigenvalue weighted by Gasteiger charge is 2.71. The zero-order valence-electron chi connectivity index (χ0n) is 48.2. The molecule has 18 nitrogen and oxygen atoms in total. The third-order valence-electron chi connectivity index (χ3n) is 20.6. The summed E-state index contributed by atoms with van der Waals surface area (Å²) in [6, 6.07) is -1.65. The van der Waals surface area contributed by atoms with Gasteiger partial charge in [0.25, 0.3) is 0 Å². The number of nitrogens with one attached hydrogen (secondary N) is 1. The highest BCUT2D eigenvalue weighted by molar-refractivity contribution is 5.74. The van der Waals surface area contributed by atoms with E-state index in [1.54, 1.807) is 0 Å². The number of carbonyl (C=O) groups is 8. The molecule has 1 amide bonds. The van der Waals surface area contributed by atoms with E-state index in [1.807, 2.05) is 0 Å². The van der Waals surface area contributed by atoms with Crippen LogP contribution in [0.3, 0.4) is 0 Å². The van der Waals surface area contributed by atoms with Crippen molar-refractivity contribution in [2.75, 3.05) is 13.2 Å². The van der Waals surface area contributed by atoms with Crippen molar-refractivity contribution in [1.82, 2.24) is 5.32 Å². The Labute approximate surface area is 450 Å². The summed E-state index contributed by atoms with van der Waals surface area (Å²) in [5, 5.41) is 15.3. The average molecular weight is 1070 g/mol. The number of ether oxygens (including phenoxy) is 8. The summed E-state index contributed by atoms with van der Waals surface area (Å²) < 4.78 is 46.1. The van der Waals surface area contributed by atoms with Crippen molar-refractivity contribution in [1.29, 1.82) is 0 Å². The van der Waals surface area contributed by atoms with Crippen molar-refractivity contribution in [2.24, 2.45) is 62.6 Å². The van der Waals surface area contributed by atoms with Gasteiger partial charge < -0.3 is 48.3 Å². The molecule has 0 radical (unpaired) electrons. The third-order valence-corrected chi connectivity index (χ3v) is 20.6. The first-order valence-electron chi connectivity index (χ1n) is 28.0. The number of aliphatic hydroxyl groups is 1. The van der Waals surface area contributed by atoms with Gasteiger partial charge in [0.1, 0.15) is 18.8 Å². The van der Waals surface area contributed by atoms with Crippen LogP contribution in [0.5, 0.6) is 0 Å². The Morgan fingerprint density at radius 2 is 1.11 bits per heavy atom. The lowest BCUT2D eigenvalue weighted by Gasteiger charge is -2.73. The van der Waals surface area contributed by atoms with Gasteiger partial charge in [0.15, 0.2) is 36.1 Å². The molecule has 2 N–H and O–H groups in total. The monoisotopic (exact) mass is 1070 g/mol. The van der Waals surface area contributed by atoms with Crippen LogP contribution in [-0.4, -0.2) is 120 Å². The van der Waals surface area contributed by atoms with Gasteiger partial charge in [0, 0.05) is 55.4 Å². The highest BCUT2D eigenvalue weighted by Crippen LogP contribution is 2.78. The minimum atomic E-state index is -2.71. The second-order valence-corrected chi connectivity index (χ2v) is 25.7. The van der Waals surface area contributed by atoms with Gasteiger partial charge in [0.05, 0.1) is 12.6 Å². The molecular weight excluding hydrogens is 983 g/mol. The van der Waals surface area contributed by atoms with Gasteiger partial charge in [-0.25, -0.2) is 0 Å². The molecule has 0 aromatic rings. The summed E-state index contributed by atoms with van der Waals surface area (Å²) >= 11 is 0. The first-order chi connectivity index (χ1) is 35.2. The smallest absolute Gasteiger partial charge is 0.303 e. The number of hydrogen-bond donors (Lipinski definition) is 2. The maximum atomic E-state index is 13.1. The van der Waals surface area contributed by atoms with E-state index < -0.39 is 115 Å². The van der Waals surface area contributed by atoms with Crippen LogP contribution in [0.4, 0.5) is 0 Å². The number of fused-ring (bicyclic) bond motifs is 7. The summed E-state index contributed by atoms with van der Waals surface area (Å²) in [4.78, 5) is 102. The SMILES string of the molecule is CC(=O)NC1C(OC(C)=O)C(OC(C)=O)C(OC(C)=O)C(O)(COC(C)=O)C1OCC(OC(C)=O)C(OC(C)=O)C(CC[C@@H](C)[C@H]1CC[C@]2(C)[C@H]3CC[C@@H]4[C@@]5(C)CCCC(C)(C)[C@@H]5CC[C@@]4(C)[C@]3(C)CC[C@@H]12)OC(C)=O. The second-order valence-electron chi connectivity index (χ2n) is 25.7. The maximum Gasteiger partial charge on any atom is 0.303 e. The molecule has 0 saturated heterocycles. The molecule has 76 heavy (non-hydrogen) atoms. The van der Waals surface area contributed by atoms with Gasteiger partial charge in [0.2, 0.25) is 5.91 Å². The van der Waals surface area contributed by atoms with Gasteiger partial charge in [-0.15, -0.1) is 0 Å². The fourth-order valence-electron chi connectivity index (χ4n) is 17.7. The molecule has 6 aliphatic rings. The molecule has 18 heteroatoms. The minimum Gasteiger partial charge on any atom is -0.463 e. The molecule has 0 spiro atoms. The molecule has 6 aliphatic carbocycles. The Hall–Kier alpha value is -4.32. The van der Waals surface area contributed by atoms with Gasteiger partial charge in [-0.3, -0.25) is 38.4 Å². The predicted molar refractivity (Wildman–Crippen MR) is 275 cm³/mol. The first-order valence-corrected chi connectivity index (χ1v) is 28.0. The van der Waals surface area contributed by atoms with E-state index in [9.17, 15) is 43.5 Å². The zero-order valence-corrected chi connectivity index (χ0v) is 48.2. The molecule has 430 valence electrons. The molecule has 6 rings (SSSR count). The minimum absolute atomic E-state index is 0.153. The lowest BCUT2D eigenvalue weighted by atomic mass is 9.32. The fourth-order valence-corrected chi connectivity index (χ4v) is 17.7. The van der Waals surface area contributed by atoms with Gasteiger partial charge in [-0.2, -0.15) is 0 Å². The van der Waals surface area contributed by atoms with Crippen LogP contribution in [0, 0.1) is 62.6 Å². The van der Waals surface area contributed by atoms with Crippen LogP contribution in [-0.2, 0) is 76.3 Å². The topological polar surface area (TPSA) is 243 Å². The number of rotatable bonds is 18. The molecule has 0 aromatic carbocycles. The Morgan fingerprint density at radius 1 is 0.553 bits per heavy atom. The molecule has 6 saturated carbocycles. The van der Waals surface area contributed by atoms with Gasteiger partial charge in [-0.05, 0) is 140 Å². The molecule has 0 heterocycles. The molecule has 19 atom stereocenters. The fraction of sp³-hybridized carbons (Fsp3) is 0.862. The summed E-state index contributed by atoms with van der Waals surface area (Å²) in [6.45, 7) is 24.7. The van der Waals surface area contributed by atoms with Crippen LogP contribution in [0.2, 0.25) is 0 Å². The molecule has 0 bridgehead atoms. The second kappa shape index (κ2) is 23.2. The third kappa shape index (κ3) is 12.0. The van der Waals surface area contributed by atoms with E-state index in [-0.39, 0.29) is 28.6 Å². The number of carbonyl (C=O) groups excluding carboxylic acids is 8. The van der Waals surface area contributed by atoms with Crippen LogP contribution < -0.4 is 5.32 Å². The first kappa shape index (κ1) is 60.9. The van der Waals surface area contributed by atoms with Gasteiger partial charge >= 0.3 is 41.8 Å². The standard InChI is InChI=1S/C58H91NO17/c1-31(40-21-26-54(12)41(40)22-27-56(14)45(54)19-20-46-55(13)25-16-24-53(10,11)44(55)23-28-57(46,56)15)17-18-42(71-34(4)62)48(73-36(6)64)43(72-35(5)63)29-69-51-47(59-32(2)60)49(74-37(7)65)50(75-38(8)66)52(76-39(9)67)58(51,68)30-70-33(3)61/h31,40-52,68H,16-30H2,1-15H3,(H,59,60)/t31-,40-,41+,42?,43?,44+,45-,46-,47?,48?,49?,50?,51?,52?,54+,55+,56-,57-,58?/m1/s1. The Kier molecular flexibility index (Phi) is 18.6. The quantitative estimate of drug-likeness (QED) is 0.0987. The van der Waals surface area contributed by atoms with E-state index in [1.165, 1.54) is 58.3 Å². The Balaban J connectivity index is 1.28. The summed E-state index contributed by atoms with van der Waals surface area (Å²) in [7, 11) is 0. The van der Waals surface area contributed by atoms with Crippen LogP contribution in [0.15, 0.2) is 0 Å². The van der Waals surface area contributed by atoms with Crippen molar-refractivity contribution in [3.05, 3.63) is 0 Å². The maximum absolute atomic E-state index is 13.1. The van der Waals surface area contributed by atoms with Crippen molar-refractivity contribution < 1.29 is 81.4 Å². The number of amides is 1. The predicted octanol–water partition coefficient (Wildman–Crippen LogP) is 7.68. The van der Waals surface area contributed by atoms with E-state index in [4.69, 9.17) is 37.9 Å². The molecule has 9 unspecified atom stereocenters. The van der Waals surface area contributed by atoms with E-state index in [0.29, 0.717) is 40.9 Å². The van der Waals surface area contributed by atoms with Crippen molar-refractivity contribution in [3.63, 3.8) is 0 Å². The van der Waals surface area contributed by atoms with Crippen LogP contribution in [0.25, 0.3) is 0 Å². The largest absolute Gasteiger partial charge is 0.463 e. The summed E-state index contributed by atoms with van der Waals surface area (Å²) in [5.74, 6) is -3.82. The lowest BCUT2D eigenvalue weighted by molar-refractivity contribution is -0.280. The Bertz CT molecular complexity index is 2200. The molecule has 6 fully saturated rings. The molecule has 0 aliphatic heterocycles. The Morgan fingerprint density at radius 3 is 1.66 bits per heavy atom. The van der Waals surface area contributed by atoms with E-state index in [0.717, 1.165) is 73.6 Å².